The number of phenols is 1. The Morgan fingerprint density at radius 1 is 1.25 bits per heavy atom. The zero-order chi connectivity index (χ0) is 17.1. The molecule has 5 heteroatoms. The standard InChI is InChI=1S/C19H23N3O2/c1-13(14-7-5-8-16(23)10-14)20-19(24)21-18-12-22(2)11-15-6-3-4-9-17(15)18/h3-10,13,18,23H,11-12H2,1-2H3,(H2,20,21,24). The monoisotopic (exact) mass is 325 g/mol. The molecule has 0 bridgehead atoms. The quantitative estimate of drug-likeness (QED) is 0.813. The molecule has 1 aliphatic rings. The number of amides is 2. The summed E-state index contributed by atoms with van der Waals surface area (Å²) in [6.45, 7) is 3.58. The van der Waals surface area contributed by atoms with Gasteiger partial charge in [-0.15, -0.1) is 0 Å². The summed E-state index contributed by atoms with van der Waals surface area (Å²) in [5.74, 6) is 0.199. The van der Waals surface area contributed by atoms with Crippen LogP contribution in [0.5, 0.6) is 5.75 Å². The van der Waals surface area contributed by atoms with Crippen LogP contribution < -0.4 is 10.6 Å². The van der Waals surface area contributed by atoms with Crippen molar-refractivity contribution in [3.63, 3.8) is 0 Å². The van der Waals surface area contributed by atoms with E-state index in [-0.39, 0.29) is 23.9 Å². The van der Waals surface area contributed by atoms with Gasteiger partial charge in [0.2, 0.25) is 0 Å². The lowest BCUT2D eigenvalue weighted by atomic mass is 9.96. The fourth-order valence-electron chi connectivity index (χ4n) is 3.18. The lowest BCUT2D eigenvalue weighted by Gasteiger charge is -2.33. The molecule has 2 aromatic carbocycles. The van der Waals surface area contributed by atoms with Crippen LogP contribution in [0.15, 0.2) is 48.5 Å². The van der Waals surface area contributed by atoms with Crippen LogP contribution in [-0.2, 0) is 6.54 Å². The minimum absolute atomic E-state index is 0.0312. The van der Waals surface area contributed by atoms with E-state index in [9.17, 15) is 9.90 Å². The average molecular weight is 325 g/mol. The molecule has 24 heavy (non-hydrogen) atoms. The normalized spacial score (nSPS) is 18.5. The van der Waals surface area contributed by atoms with E-state index in [0.29, 0.717) is 0 Å². The lowest BCUT2D eigenvalue weighted by Crippen LogP contribution is -2.44. The van der Waals surface area contributed by atoms with Gasteiger partial charge in [0.15, 0.2) is 0 Å². The summed E-state index contributed by atoms with van der Waals surface area (Å²) < 4.78 is 0. The first kappa shape index (κ1) is 16.3. The molecule has 0 spiro atoms. The molecule has 1 heterocycles. The Balaban J connectivity index is 1.67. The highest BCUT2D eigenvalue weighted by Crippen LogP contribution is 2.25. The number of aromatic hydroxyl groups is 1. The Labute approximate surface area is 142 Å². The molecule has 0 saturated heterocycles. The van der Waals surface area contributed by atoms with Crippen molar-refractivity contribution in [3.8, 4) is 5.75 Å². The summed E-state index contributed by atoms with van der Waals surface area (Å²) >= 11 is 0. The summed E-state index contributed by atoms with van der Waals surface area (Å²) in [4.78, 5) is 14.6. The smallest absolute Gasteiger partial charge is 0.315 e. The Hall–Kier alpha value is -2.53. The first-order valence-electron chi connectivity index (χ1n) is 8.15. The number of fused-ring (bicyclic) bond motifs is 1. The number of carbonyl (C=O) groups is 1. The van der Waals surface area contributed by atoms with Gasteiger partial charge in [0.1, 0.15) is 5.75 Å². The van der Waals surface area contributed by atoms with Crippen LogP contribution in [0.3, 0.4) is 0 Å². The maximum atomic E-state index is 12.4. The Bertz CT molecular complexity index is 732. The summed E-state index contributed by atoms with van der Waals surface area (Å²) in [6.07, 6.45) is 0. The first-order valence-corrected chi connectivity index (χ1v) is 8.15. The zero-order valence-electron chi connectivity index (χ0n) is 14.0. The van der Waals surface area contributed by atoms with Gasteiger partial charge in [-0.1, -0.05) is 36.4 Å². The van der Waals surface area contributed by atoms with E-state index in [4.69, 9.17) is 0 Å². The minimum atomic E-state index is -0.207. The first-order chi connectivity index (χ1) is 11.5. The molecule has 1 aliphatic heterocycles. The van der Waals surface area contributed by atoms with Gasteiger partial charge < -0.3 is 15.7 Å². The molecule has 0 fully saturated rings. The summed E-state index contributed by atoms with van der Waals surface area (Å²) in [7, 11) is 2.05. The highest BCUT2D eigenvalue weighted by molar-refractivity contribution is 5.75. The summed E-state index contributed by atoms with van der Waals surface area (Å²) in [5.41, 5.74) is 3.29. The third-order valence-electron chi connectivity index (χ3n) is 4.39. The van der Waals surface area contributed by atoms with Gasteiger partial charge in [0.25, 0.3) is 0 Å². The number of carbonyl (C=O) groups excluding carboxylic acids is 1. The third-order valence-corrected chi connectivity index (χ3v) is 4.39. The van der Waals surface area contributed by atoms with Crippen LogP contribution in [0.4, 0.5) is 4.79 Å². The van der Waals surface area contributed by atoms with Gasteiger partial charge in [0.05, 0.1) is 12.1 Å². The summed E-state index contributed by atoms with van der Waals surface area (Å²) in [5, 5.41) is 15.6. The molecular weight excluding hydrogens is 302 g/mol. The van der Waals surface area contributed by atoms with Crippen LogP contribution in [0, 0.1) is 0 Å². The van der Waals surface area contributed by atoms with E-state index in [1.165, 1.54) is 11.1 Å². The van der Waals surface area contributed by atoms with Crippen LogP contribution in [0.25, 0.3) is 0 Å². The number of rotatable bonds is 3. The molecule has 3 rings (SSSR count). The highest BCUT2D eigenvalue weighted by Gasteiger charge is 2.24. The predicted octanol–water partition coefficient (Wildman–Crippen LogP) is 2.94. The van der Waals surface area contributed by atoms with Gasteiger partial charge >= 0.3 is 6.03 Å². The predicted molar refractivity (Wildman–Crippen MR) is 93.7 cm³/mol. The van der Waals surface area contributed by atoms with Crippen molar-refractivity contribution in [2.75, 3.05) is 13.6 Å². The van der Waals surface area contributed by atoms with Gasteiger partial charge in [-0.05, 0) is 42.8 Å². The van der Waals surface area contributed by atoms with Gasteiger partial charge in [-0.25, -0.2) is 4.79 Å². The van der Waals surface area contributed by atoms with Crippen LogP contribution >= 0.6 is 0 Å². The minimum Gasteiger partial charge on any atom is -0.508 e. The third kappa shape index (κ3) is 3.68. The SMILES string of the molecule is CC(NC(=O)NC1CN(C)Cc2ccccc21)c1cccc(O)c1. The number of hydrogen-bond donors (Lipinski definition) is 3. The second kappa shape index (κ2) is 6.93. The van der Waals surface area contributed by atoms with E-state index in [1.54, 1.807) is 18.2 Å². The number of nitrogens with zero attached hydrogens (tertiary/aromatic N) is 1. The van der Waals surface area contributed by atoms with Gasteiger partial charge in [0, 0.05) is 13.1 Å². The molecular formula is C19H23N3O2. The lowest BCUT2D eigenvalue weighted by molar-refractivity contribution is 0.220. The number of likely N-dealkylation sites (N-methyl/N-ethyl adjacent to an activating group) is 1. The average Bonchev–Trinajstić information content (AvgIpc) is 2.54. The van der Waals surface area contributed by atoms with E-state index in [2.05, 4.69) is 34.7 Å². The molecule has 3 N–H and O–H groups in total. The zero-order valence-corrected chi connectivity index (χ0v) is 14.0. The van der Waals surface area contributed by atoms with E-state index in [1.807, 2.05) is 25.1 Å². The second-order valence-electron chi connectivity index (χ2n) is 6.38. The number of nitrogens with one attached hydrogen (secondary N) is 2. The number of urea groups is 1. The molecule has 126 valence electrons. The van der Waals surface area contributed by atoms with E-state index < -0.39 is 0 Å². The Kier molecular flexibility index (Phi) is 4.71. The molecule has 2 amide bonds. The number of benzene rings is 2. The van der Waals surface area contributed by atoms with Crippen LogP contribution in [-0.4, -0.2) is 29.6 Å². The number of hydrogen-bond acceptors (Lipinski definition) is 3. The van der Waals surface area contributed by atoms with Gasteiger partial charge in [-0.3, -0.25) is 4.90 Å². The van der Waals surface area contributed by atoms with Crippen molar-refractivity contribution < 1.29 is 9.90 Å². The number of phenolic OH excluding ortho intramolecular Hbond substituents is 1. The van der Waals surface area contributed by atoms with Crippen LogP contribution in [0.1, 0.15) is 35.7 Å². The van der Waals surface area contributed by atoms with Crippen molar-refractivity contribution in [3.05, 3.63) is 65.2 Å². The topological polar surface area (TPSA) is 64.6 Å². The highest BCUT2D eigenvalue weighted by atomic mass is 16.3. The molecule has 0 radical (unpaired) electrons. The molecule has 0 aromatic heterocycles. The van der Waals surface area contributed by atoms with Gasteiger partial charge in [-0.2, -0.15) is 0 Å². The second-order valence-corrected chi connectivity index (χ2v) is 6.38. The maximum absolute atomic E-state index is 12.4. The molecule has 0 aliphatic carbocycles. The largest absolute Gasteiger partial charge is 0.508 e. The molecule has 2 aromatic rings. The van der Waals surface area contributed by atoms with Crippen molar-refractivity contribution >= 4 is 6.03 Å². The Morgan fingerprint density at radius 3 is 2.83 bits per heavy atom. The summed E-state index contributed by atoms with van der Waals surface area (Å²) in [6, 6.07) is 14.7. The fourth-order valence-corrected chi connectivity index (χ4v) is 3.18. The van der Waals surface area contributed by atoms with E-state index in [0.717, 1.165) is 18.7 Å². The Morgan fingerprint density at radius 2 is 2.04 bits per heavy atom. The molecule has 2 unspecified atom stereocenters. The molecule has 0 saturated carbocycles. The molecule has 2 atom stereocenters. The van der Waals surface area contributed by atoms with Crippen molar-refractivity contribution in [2.24, 2.45) is 0 Å². The van der Waals surface area contributed by atoms with Crippen molar-refractivity contribution in [1.29, 1.82) is 0 Å². The molecule has 5 nitrogen and oxygen atoms in total. The van der Waals surface area contributed by atoms with Crippen LogP contribution in [0.2, 0.25) is 0 Å². The van der Waals surface area contributed by atoms with E-state index >= 15 is 0 Å². The van der Waals surface area contributed by atoms with Crippen molar-refractivity contribution in [2.45, 2.75) is 25.6 Å². The van der Waals surface area contributed by atoms with Crippen molar-refractivity contribution in [1.82, 2.24) is 15.5 Å². The fraction of sp³-hybridized carbons (Fsp3) is 0.316. The maximum Gasteiger partial charge on any atom is 0.315 e.